The Kier molecular flexibility index (Phi) is 5.97. The predicted octanol–water partition coefficient (Wildman–Crippen LogP) is 4.75. The zero-order chi connectivity index (χ0) is 19.3. The number of rotatable bonds is 8. The minimum absolute atomic E-state index is 0.0535. The van der Waals surface area contributed by atoms with Gasteiger partial charge in [0.2, 0.25) is 0 Å². The highest BCUT2D eigenvalue weighted by atomic mass is 16.5. The third-order valence-electron chi connectivity index (χ3n) is 4.51. The number of benzene rings is 2. The lowest BCUT2D eigenvalue weighted by atomic mass is 10.00. The van der Waals surface area contributed by atoms with Gasteiger partial charge in [-0.05, 0) is 57.0 Å². The van der Waals surface area contributed by atoms with Gasteiger partial charge in [0.15, 0.2) is 5.78 Å². The summed E-state index contributed by atoms with van der Waals surface area (Å²) in [6.45, 7) is 7.63. The van der Waals surface area contributed by atoms with Crippen molar-refractivity contribution in [3.63, 3.8) is 0 Å². The molecule has 0 aliphatic carbocycles. The van der Waals surface area contributed by atoms with E-state index in [-0.39, 0.29) is 11.3 Å². The number of Topliss-reactive ketones (excluding diaryl/α,β-unsaturated/α-hetero) is 1. The highest BCUT2D eigenvalue weighted by molar-refractivity contribution is 5.99. The van der Waals surface area contributed by atoms with E-state index in [1.807, 2.05) is 36.5 Å². The molecule has 0 unspecified atom stereocenters. The number of aryl methyl sites for hydroxylation is 1. The van der Waals surface area contributed by atoms with Crippen molar-refractivity contribution in [2.45, 2.75) is 39.2 Å². The van der Waals surface area contributed by atoms with Gasteiger partial charge in [-0.25, -0.2) is 0 Å². The molecule has 0 aliphatic heterocycles. The van der Waals surface area contributed by atoms with E-state index in [0.29, 0.717) is 30.8 Å². The largest absolute Gasteiger partial charge is 0.492 e. The van der Waals surface area contributed by atoms with Crippen molar-refractivity contribution in [3.05, 3.63) is 65.9 Å². The van der Waals surface area contributed by atoms with Crippen molar-refractivity contribution in [2.75, 3.05) is 13.2 Å². The molecule has 0 aliphatic rings. The Morgan fingerprint density at radius 1 is 1.07 bits per heavy atom. The molecular formula is C23H28N2O2. The SMILES string of the molecule is CC(C)(C)NCCOc1ccccc1C(=O)CCc1cccc2[nH]ccc12. The van der Waals surface area contributed by atoms with Gasteiger partial charge in [0, 0.05) is 35.6 Å². The number of hydrogen-bond donors (Lipinski definition) is 2. The predicted molar refractivity (Wildman–Crippen MR) is 111 cm³/mol. The van der Waals surface area contributed by atoms with Crippen molar-refractivity contribution in [2.24, 2.45) is 0 Å². The molecule has 0 radical (unpaired) electrons. The van der Waals surface area contributed by atoms with Crippen LogP contribution in [0.25, 0.3) is 10.9 Å². The summed E-state index contributed by atoms with van der Waals surface area (Å²) in [6, 6.07) is 15.7. The number of H-pyrrole nitrogens is 1. The molecule has 3 rings (SSSR count). The molecule has 0 bridgehead atoms. The van der Waals surface area contributed by atoms with Gasteiger partial charge in [-0.3, -0.25) is 4.79 Å². The maximum absolute atomic E-state index is 12.8. The number of hydrogen-bond acceptors (Lipinski definition) is 3. The van der Waals surface area contributed by atoms with Crippen LogP contribution in [0.3, 0.4) is 0 Å². The average Bonchev–Trinajstić information content (AvgIpc) is 3.12. The highest BCUT2D eigenvalue weighted by Gasteiger charge is 2.14. The molecule has 4 heteroatoms. The zero-order valence-electron chi connectivity index (χ0n) is 16.3. The third-order valence-corrected chi connectivity index (χ3v) is 4.51. The molecule has 0 atom stereocenters. The monoisotopic (exact) mass is 364 g/mol. The number of ether oxygens (including phenoxy) is 1. The first-order chi connectivity index (χ1) is 12.9. The number of nitrogens with one attached hydrogen (secondary N) is 2. The maximum Gasteiger partial charge on any atom is 0.166 e. The second kappa shape index (κ2) is 8.40. The number of aromatic nitrogens is 1. The third kappa shape index (κ3) is 5.20. The van der Waals surface area contributed by atoms with Gasteiger partial charge in [0.1, 0.15) is 12.4 Å². The fourth-order valence-corrected chi connectivity index (χ4v) is 3.16. The first kappa shape index (κ1) is 19.2. The van der Waals surface area contributed by atoms with E-state index in [4.69, 9.17) is 4.74 Å². The zero-order valence-corrected chi connectivity index (χ0v) is 16.3. The molecule has 4 nitrogen and oxygen atoms in total. The lowest BCUT2D eigenvalue weighted by Crippen LogP contribution is -2.38. The minimum Gasteiger partial charge on any atom is -0.492 e. The molecule has 1 aromatic heterocycles. The van der Waals surface area contributed by atoms with Crippen LogP contribution in [-0.4, -0.2) is 29.5 Å². The molecule has 3 aromatic rings. The van der Waals surface area contributed by atoms with Crippen LogP contribution in [0.15, 0.2) is 54.7 Å². The number of aromatic amines is 1. The van der Waals surface area contributed by atoms with Gasteiger partial charge < -0.3 is 15.0 Å². The summed E-state index contributed by atoms with van der Waals surface area (Å²) in [4.78, 5) is 16.0. The van der Waals surface area contributed by atoms with E-state index in [0.717, 1.165) is 12.1 Å². The Morgan fingerprint density at radius 2 is 1.89 bits per heavy atom. The lowest BCUT2D eigenvalue weighted by molar-refractivity contribution is 0.0979. The van der Waals surface area contributed by atoms with Gasteiger partial charge >= 0.3 is 0 Å². The van der Waals surface area contributed by atoms with Crippen molar-refractivity contribution >= 4 is 16.7 Å². The summed E-state index contributed by atoms with van der Waals surface area (Å²) in [5.74, 6) is 0.778. The highest BCUT2D eigenvalue weighted by Crippen LogP contribution is 2.23. The minimum atomic E-state index is 0.0535. The number of fused-ring (bicyclic) bond motifs is 1. The van der Waals surface area contributed by atoms with E-state index in [9.17, 15) is 4.79 Å². The van der Waals surface area contributed by atoms with Crippen LogP contribution in [0.2, 0.25) is 0 Å². The smallest absolute Gasteiger partial charge is 0.166 e. The topological polar surface area (TPSA) is 54.1 Å². The summed E-state index contributed by atoms with van der Waals surface area (Å²) in [5, 5.41) is 4.57. The van der Waals surface area contributed by atoms with Crippen molar-refractivity contribution < 1.29 is 9.53 Å². The molecule has 0 amide bonds. The fraction of sp³-hybridized carbons (Fsp3) is 0.348. The Bertz CT molecular complexity index is 906. The maximum atomic E-state index is 12.8. The number of para-hydroxylation sites is 1. The molecule has 0 spiro atoms. The van der Waals surface area contributed by atoms with Crippen LogP contribution in [0.4, 0.5) is 0 Å². The normalized spacial score (nSPS) is 11.7. The van der Waals surface area contributed by atoms with E-state index >= 15 is 0 Å². The Morgan fingerprint density at radius 3 is 2.70 bits per heavy atom. The van der Waals surface area contributed by atoms with Crippen LogP contribution in [0.5, 0.6) is 5.75 Å². The molecular weight excluding hydrogens is 336 g/mol. The van der Waals surface area contributed by atoms with Crippen LogP contribution < -0.4 is 10.1 Å². The van der Waals surface area contributed by atoms with Gasteiger partial charge in [-0.2, -0.15) is 0 Å². The molecule has 27 heavy (non-hydrogen) atoms. The molecule has 142 valence electrons. The van der Waals surface area contributed by atoms with Crippen LogP contribution in [-0.2, 0) is 6.42 Å². The first-order valence-corrected chi connectivity index (χ1v) is 9.49. The van der Waals surface area contributed by atoms with Crippen molar-refractivity contribution in [3.8, 4) is 5.75 Å². The van der Waals surface area contributed by atoms with E-state index in [2.05, 4.69) is 49.3 Å². The summed E-state index contributed by atoms with van der Waals surface area (Å²) in [7, 11) is 0. The van der Waals surface area contributed by atoms with Gasteiger partial charge in [-0.15, -0.1) is 0 Å². The number of ketones is 1. The summed E-state index contributed by atoms with van der Waals surface area (Å²) in [5.41, 5.74) is 3.01. The molecule has 0 fully saturated rings. The molecule has 2 N–H and O–H groups in total. The first-order valence-electron chi connectivity index (χ1n) is 9.49. The average molecular weight is 364 g/mol. The summed E-state index contributed by atoms with van der Waals surface area (Å²) >= 11 is 0. The van der Waals surface area contributed by atoms with E-state index < -0.39 is 0 Å². The quantitative estimate of drug-likeness (QED) is 0.448. The molecule has 0 saturated heterocycles. The van der Waals surface area contributed by atoms with E-state index in [1.54, 1.807) is 0 Å². The lowest BCUT2D eigenvalue weighted by Gasteiger charge is -2.20. The fourth-order valence-electron chi connectivity index (χ4n) is 3.16. The van der Waals surface area contributed by atoms with Crippen LogP contribution >= 0.6 is 0 Å². The molecule has 0 saturated carbocycles. The Labute approximate surface area is 160 Å². The number of carbonyl (C=O) groups is 1. The van der Waals surface area contributed by atoms with Gasteiger partial charge in [0.25, 0.3) is 0 Å². The summed E-state index contributed by atoms with van der Waals surface area (Å²) < 4.78 is 5.88. The second-order valence-corrected chi connectivity index (χ2v) is 7.80. The standard InChI is InChI=1S/C23H28N2O2/c1-23(2,3)25-15-16-27-22-10-5-4-8-19(22)21(26)12-11-17-7-6-9-20-18(17)13-14-24-20/h4-10,13-14,24-25H,11-12,15-16H2,1-3H3. The summed E-state index contributed by atoms with van der Waals surface area (Å²) in [6.07, 6.45) is 3.11. The molecule has 1 heterocycles. The van der Waals surface area contributed by atoms with Crippen molar-refractivity contribution in [1.82, 2.24) is 10.3 Å². The molecule has 2 aromatic carbocycles. The van der Waals surface area contributed by atoms with Crippen LogP contribution in [0.1, 0.15) is 43.1 Å². The second-order valence-electron chi connectivity index (χ2n) is 7.80. The van der Waals surface area contributed by atoms with Gasteiger partial charge in [0.05, 0.1) is 5.56 Å². The van der Waals surface area contributed by atoms with Crippen LogP contribution in [0, 0.1) is 0 Å². The Hall–Kier alpha value is -2.59. The Balaban J connectivity index is 1.62. The van der Waals surface area contributed by atoms with E-state index in [1.165, 1.54) is 10.9 Å². The van der Waals surface area contributed by atoms with Crippen molar-refractivity contribution in [1.29, 1.82) is 0 Å². The number of carbonyl (C=O) groups excluding carboxylic acids is 1. The van der Waals surface area contributed by atoms with Gasteiger partial charge in [-0.1, -0.05) is 24.3 Å².